The lowest BCUT2D eigenvalue weighted by Crippen LogP contribution is -2.45. The van der Waals surface area contributed by atoms with Gasteiger partial charge >= 0.3 is 0 Å². The largest absolute Gasteiger partial charge is 0.383 e. The molecule has 0 aliphatic heterocycles. The minimum atomic E-state index is -0.601. The minimum Gasteiger partial charge on any atom is -0.383 e. The fourth-order valence-corrected chi connectivity index (χ4v) is 2.56. The van der Waals surface area contributed by atoms with Crippen LogP contribution in [-0.4, -0.2) is 37.1 Å². The van der Waals surface area contributed by atoms with Crippen LogP contribution in [0.5, 0.6) is 0 Å². The molecule has 0 aromatic carbocycles. The molecule has 4 nitrogen and oxygen atoms in total. The Balaban J connectivity index is 2.62. The quantitative estimate of drug-likeness (QED) is 0.861. The SMILES string of the molecule is CCN(Cc1ccc(Cl)s1)C(=O)C(N)COC. The van der Waals surface area contributed by atoms with Crippen LogP contribution in [-0.2, 0) is 16.1 Å². The second-order valence-corrected chi connectivity index (χ2v) is 5.42. The number of carbonyl (C=O) groups excluding carboxylic acids is 1. The average Bonchev–Trinajstić information content (AvgIpc) is 2.71. The van der Waals surface area contributed by atoms with E-state index in [1.54, 1.807) is 4.90 Å². The van der Waals surface area contributed by atoms with Gasteiger partial charge in [-0.05, 0) is 19.1 Å². The van der Waals surface area contributed by atoms with Crippen molar-refractivity contribution in [3.8, 4) is 0 Å². The Labute approximate surface area is 110 Å². The highest BCUT2D eigenvalue weighted by Crippen LogP contribution is 2.22. The highest BCUT2D eigenvalue weighted by Gasteiger charge is 2.20. The third kappa shape index (κ3) is 4.27. The molecule has 1 atom stereocenters. The Morgan fingerprint density at radius 3 is 2.82 bits per heavy atom. The second kappa shape index (κ2) is 6.96. The number of thiophene rings is 1. The number of ether oxygens (including phenoxy) is 1. The number of amides is 1. The van der Waals surface area contributed by atoms with Crippen molar-refractivity contribution in [3.05, 3.63) is 21.3 Å². The van der Waals surface area contributed by atoms with Crippen LogP contribution in [0.3, 0.4) is 0 Å². The van der Waals surface area contributed by atoms with Crippen LogP contribution in [0.1, 0.15) is 11.8 Å². The maximum atomic E-state index is 12.0. The summed E-state index contributed by atoms with van der Waals surface area (Å²) in [6, 6.07) is 3.15. The molecule has 1 amide bonds. The number of hydrogen-bond acceptors (Lipinski definition) is 4. The number of nitrogens with zero attached hydrogens (tertiary/aromatic N) is 1. The molecule has 0 bridgehead atoms. The van der Waals surface area contributed by atoms with Gasteiger partial charge in [0, 0.05) is 18.5 Å². The molecular formula is C11H17ClN2O2S. The first kappa shape index (κ1) is 14.4. The Morgan fingerprint density at radius 1 is 1.65 bits per heavy atom. The maximum Gasteiger partial charge on any atom is 0.242 e. The molecular weight excluding hydrogens is 260 g/mol. The molecule has 1 aromatic heterocycles. The van der Waals surface area contributed by atoms with E-state index < -0.39 is 6.04 Å². The molecule has 2 N–H and O–H groups in total. The van der Waals surface area contributed by atoms with Crippen LogP contribution in [0, 0.1) is 0 Å². The Bertz CT molecular complexity index is 370. The van der Waals surface area contributed by atoms with E-state index in [-0.39, 0.29) is 12.5 Å². The van der Waals surface area contributed by atoms with E-state index in [4.69, 9.17) is 22.1 Å². The highest BCUT2D eigenvalue weighted by molar-refractivity contribution is 7.16. The molecule has 0 spiro atoms. The lowest BCUT2D eigenvalue weighted by Gasteiger charge is -2.23. The molecule has 17 heavy (non-hydrogen) atoms. The van der Waals surface area contributed by atoms with Gasteiger partial charge in [0.25, 0.3) is 0 Å². The van der Waals surface area contributed by atoms with Gasteiger partial charge in [0.2, 0.25) is 5.91 Å². The molecule has 96 valence electrons. The van der Waals surface area contributed by atoms with Crippen molar-refractivity contribution in [2.24, 2.45) is 5.73 Å². The van der Waals surface area contributed by atoms with Crippen molar-refractivity contribution in [1.82, 2.24) is 4.90 Å². The summed E-state index contributed by atoms with van der Waals surface area (Å²) in [5.74, 6) is -0.0983. The topological polar surface area (TPSA) is 55.6 Å². The fraction of sp³-hybridized carbons (Fsp3) is 0.545. The summed E-state index contributed by atoms with van der Waals surface area (Å²) < 4.78 is 5.61. The van der Waals surface area contributed by atoms with Gasteiger partial charge in [-0.3, -0.25) is 4.79 Å². The van der Waals surface area contributed by atoms with Crippen molar-refractivity contribution in [3.63, 3.8) is 0 Å². The van der Waals surface area contributed by atoms with Crippen molar-refractivity contribution in [1.29, 1.82) is 0 Å². The van der Waals surface area contributed by atoms with Crippen LogP contribution in [0.15, 0.2) is 12.1 Å². The molecule has 0 radical (unpaired) electrons. The van der Waals surface area contributed by atoms with Crippen LogP contribution < -0.4 is 5.73 Å². The molecule has 1 heterocycles. The number of halogens is 1. The summed E-state index contributed by atoms with van der Waals surface area (Å²) in [5.41, 5.74) is 5.72. The predicted octanol–water partition coefficient (Wildman–Crippen LogP) is 1.72. The number of methoxy groups -OCH3 is 1. The number of nitrogens with two attached hydrogens (primary N) is 1. The normalized spacial score (nSPS) is 12.5. The zero-order chi connectivity index (χ0) is 12.8. The second-order valence-electron chi connectivity index (χ2n) is 3.62. The van der Waals surface area contributed by atoms with E-state index in [9.17, 15) is 4.79 Å². The van der Waals surface area contributed by atoms with Crippen LogP contribution in [0.2, 0.25) is 4.34 Å². The van der Waals surface area contributed by atoms with Crippen molar-refractivity contribution < 1.29 is 9.53 Å². The van der Waals surface area contributed by atoms with Crippen LogP contribution in [0.4, 0.5) is 0 Å². The molecule has 6 heteroatoms. The molecule has 0 aliphatic carbocycles. The summed E-state index contributed by atoms with van der Waals surface area (Å²) in [5, 5.41) is 0. The highest BCUT2D eigenvalue weighted by atomic mass is 35.5. The third-order valence-corrected chi connectivity index (χ3v) is 3.55. The maximum absolute atomic E-state index is 12.0. The first-order valence-electron chi connectivity index (χ1n) is 5.36. The van der Waals surface area contributed by atoms with E-state index in [1.165, 1.54) is 18.4 Å². The van der Waals surface area contributed by atoms with E-state index >= 15 is 0 Å². The fourth-order valence-electron chi connectivity index (χ4n) is 1.46. The van der Waals surface area contributed by atoms with E-state index in [2.05, 4.69) is 0 Å². The monoisotopic (exact) mass is 276 g/mol. The lowest BCUT2D eigenvalue weighted by molar-refractivity contribution is -0.134. The zero-order valence-corrected chi connectivity index (χ0v) is 11.6. The molecule has 1 unspecified atom stereocenters. The van der Waals surface area contributed by atoms with Crippen LogP contribution >= 0.6 is 22.9 Å². The lowest BCUT2D eigenvalue weighted by atomic mass is 10.2. The Hall–Kier alpha value is -0.620. The van der Waals surface area contributed by atoms with Crippen molar-refractivity contribution >= 4 is 28.8 Å². The predicted molar refractivity (Wildman–Crippen MR) is 70.3 cm³/mol. The number of rotatable bonds is 6. The molecule has 1 aromatic rings. The summed E-state index contributed by atoms with van der Waals surface area (Å²) in [4.78, 5) is 14.7. The van der Waals surface area contributed by atoms with Crippen LogP contribution in [0.25, 0.3) is 0 Å². The van der Waals surface area contributed by atoms with Gasteiger partial charge in [0.05, 0.1) is 17.5 Å². The number of carbonyl (C=O) groups is 1. The Morgan fingerprint density at radius 2 is 2.35 bits per heavy atom. The minimum absolute atomic E-state index is 0.0983. The summed E-state index contributed by atoms with van der Waals surface area (Å²) >= 11 is 7.32. The van der Waals surface area contributed by atoms with Crippen molar-refractivity contribution in [2.45, 2.75) is 19.5 Å². The van der Waals surface area contributed by atoms with Gasteiger partial charge in [-0.2, -0.15) is 0 Å². The van der Waals surface area contributed by atoms with Gasteiger partial charge < -0.3 is 15.4 Å². The van der Waals surface area contributed by atoms with Gasteiger partial charge in [-0.25, -0.2) is 0 Å². The summed E-state index contributed by atoms with van der Waals surface area (Å²) in [6.07, 6.45) is 0. The molecule has 0 saturated carbocycles. The van der Waals surface area contributed by atoms with Gasteiger partial charge in [-0.1, -0.05) is 11.6 Å². The van der Waals surface area contributed by atoms with Crippen molar-refractivity contribution in [2.75, 3.05) is 20.3 Å². The summed E-state index contributed by atoms with van der Waals surface area (Å²) in [6.45, 7) is 3.32. The zero-order valence-electron chi connectivity index (χ0n) is 9.98. The van der Waals surface area contributed by atoms with E-state index in [0.717, 1.165) is 9.21 Å². The first-order valence-corrected chi connectivity index (χ1v) is 6.55. The Kier molecular flexibility index (Phi) is 5.91. The smallest absolute Gasteiger partial charge is 0.242 e. The average molecular weight is 277 g/mol. The number of likely N-dealkylation sites (N-methyl/N-ethyl adjacent to an activating group) is 1. The van der Waals surface area contributed by atoms with E-state index in [1.807, 2.05) is 19.1 Å². The van der Waals surface area contributed by atoms with Gasteiger partial charge in [-0.15, -0.1) is 11.3 Å². The first-order chi connectivity index (χ1) is 8.08. The number of hydrogen-bond donors (Lipinski definition) is 1. The molecule has 1 rings (SSSR count). The van der Waals surface area contributed by atoms with Gasteiger partial charge in [0.15, 0.2) is 0 Å². The third-order valence-electron chi connectivity index (χ3n) is 2.33. The van der Waals surface area contributed by atoms with Gasteiger partial charge in [0.1, 0.15) is 6.04 Å². The standard InChI is InChI=1S/C11H17ClN2O2S/c1-3-14(11(15)9(13)7-16-2)6-8-4-5-10(12)17-8/h4-5,9H,3,6-7,13H2,1-2H3. The molecule has 0 aliphatic rings. The molecule has 0 saturated heterocycles. The summed E-state index contributed by atoms with van der Waals surface area (Å²) in [7, 11) is 1.53. The van der Waals surface area contributed by atoms with E-state index in [0.29, 0.717) is 13.1 Å². The molecule has 0 fully saturated rings.